The van der Waals surface area contributed by atoms with E-state index in [1.807, 2.05) is 0 Å². The zero-order valence-electron chi connectivity index (χ0n) is 14.7. The van der Waals surface area contributed by atoms with E-state index >= 15 is 0 Å². The van der Waals surface area contributed by atoms with Crippen LogP contribution in [0.4, 0.5) is 22.4 Å². The van der Waals surface area contributed by atoms with Gasteiger partial charge in [0.2, 0.25) is 0 Å². The zero-order valence-corrected chi connectivity index (χ0v) is 14.7. The Morgan fingerprint density at radius 3 is 2.50 bits per heavy atom. The van der Waals surface area contributed by atoms with Crippen LogP contribution >= 0.6 is 0 Å². The van der Waals surface area contributed by atoms with Gasteiger partial charge in [-0.15, -0.1) is 0 Å². The second-order valence-corrected chi connectivity index (χ2v) is 6.76. The molecule has 1 fully saturated rings. The number of piperidine rings is 1. The van der Waals surface area contributed by atoms with Crippen molar-refractivity contribution in [2.75, 3.05) is 13.2 Å². The van der Waals surface area contributed by atoms with Crippen LogP contribution in [0.5, 0.6) is 0 Å². The molecule has 152 valence electrons. The number of alkyl halides is 3. The van der Waals surface area contributed by atoms with Crippen molar-refractivity contribution in [3.8, 4) is 5.69 Å². The van der Waals surface area contributed by atoms with Gasteiger partial charge in [-0.1, -0.05) is 0 Å². The number of carbonyl (C=O) groups is 1. The van der Waals surface area contributed by atoms with Gasteiger partial charge in [0.05, 0.1) is 23.9 Å². The zero-order chi connectivity index (χ0) is 20.5. The fourth-order valence-corrected chi connectivity index (χ4v) is 3.62. The van der Waals surface area contributed by atoms with E-state index in [0.29, 0.717) is 17.8 Å². The number of carboxylic acid groups (broad SMARTS) is 1. The van der Waals surface area contributed by atoms with Gasteiger partial charge < -0.3 is 15.1 Å². The number of likely N-dealkylation sites (tertiary alicyclic amines) is 1. The Morgan fingerprint density at radius 2 is 1.93 bits per heavy atom. The van der Waals surface area contributed by atoms with Gasteiger partial charge in [-0.2, -0.15) is 18.3 Å². The van der Waals surface area contributed by atoms with E-state index < -0.39 is 42.6 Å². The number of nitrogens with zero attached hydrogens (tertiary/aromatic N) is 3. The Labute approximate surface area is 158 Å². The van der Waals surface area contributed by atoms with E-state index in [4.69, 9.17) is 0 Å². The maximum Gasteiger partial charge on any atom is 0.407 e. The molecule has 0 saturated carbocycles. The number of aliphatic hydroxyl groups is 1. The van der Waals surface area contributed by atoms with Crippen LogP contribution in [0, 0.1) is 11.7 Å². The molecule has 1 aromatic carbocycles. The van der Waals surface area contributed by atoms with Crippen LogP contribution < -0.4 is 0 Å². The van der Waals surface area contributed by atoms with Gasteiger partial charge in [-0.05, 0) is 43.2 Å². The Kier molecular flexibility index (Phi) is 5.59. The van der Waals surface area contributed by atoms with Gasteiger partial charge in [0.15, 0.2) is 0 Å². The van der Waals surface area contributed by atoms with Gasteiger partial charge >= 0.3 is 12.3 Å². The maximum atomic E-state index is 13.3. The first kappa shape index (κ1) is 20.1. The topological polar surface area (TPSA) is 78.6 Å². The van der Waals surface area contributed by atoms with Crippen molar-refractivity contribution in [3.05, 3.63) is 48.0 Å². The fraction of sp³-hybridized carbons (Fsp3) is 0.444. The predicted octanol–water partition coefficient (Wildman–Crippen LogP) is 3.41. The average Bonchev–Trinajstić information content (AvgIpc) is 3.11. The summed E-state index contributed by atoms with van der Waals surface area (Å²) in [6.45, 7) is -1.27. The summed E-state index contributed by atoms with van der Waals surface area (Å²) in [4.78, 5) is 12.2. The van der Waals surface area contributed by atoms with E-state index in [0.717, 1.165) is 4.90 Å². The third-order valence-corrected chi connectivity index (χ3v) is 5.09. The average molecular weight is 401 g/mol. The molecule has 1 saturated heterocycles. The molecule has 1 aliphatic rings. The third kappa shape index (κ3) is 4.11. The second-order valence-electron chi connectivity index (χ2n) is 6.76. The van der Waals surface area contributed by atoms with Crippen molar-refractivity contribution in [3.63, 3.8) is 0 Å². The number of hydrogen-bond donors (Lipinski definition) is 2. The lowest BCUT2D eigenvalue weighted by molar-refractivity contribution is -0.202. The minimum absolute atomic E-state index is 0.0827. The number of aromatic nitrogens is 2. The number of halogens is 4. The number of benzene rings is 1. The van der Waals surface area contributed by atoms with Crippen molar-refractivity contribution in [1.82, 2.24) is 14.7 Å². The van der Waals surface area contributed by atoms with Crippen molar-refractivity contribution in [1.29, 1.82) is 0 Å². The van der Waals surface area contributed by atoms with Crippen LogP contribution in [0.3, 0.4) is 0 Å². The molecule has 6 nitrogen and oxygen atoms in total. The molecule has 0 radical (unpaired) electrons. The van der Waals surface area contributed by atoms with Gasteiger partial charge in [0, 0.05) is 24.7 Å². The number of aliphatic hydroxyl groups excluding tert-OH is 1. The normalized spacial score (nSPS) is 21.5. The quantitative estimate of drug-likeness (QED) is 0.770. The van der Waals surface area contributed by atoms with Crippen LogP contribution in [0.25, 0.3) is 5.69 Å². The molecular weight excluding hydrogens is 382 g/mol. The summed E-state index contributed by atoms with van der Waals surface area (Å²) in [6.07, 6.45) is -4.32. The first-order valence-corrected chi connectivity index (χ1v) is 8.69. The summed E-state index contributed by atoms with van der Waals surface area (Å²) in [5, 5.41) is 22.9. The van der Waals surface area contributed by atoms with Crippen LogP contribution in [0.2, 0.25) is 0 Å². The predicted molar refractivity (Wildman–Crippen MR) is 90.6 cm³/mol. The number of amides is 1. The standard InChI is InChI=1S/C18H19F4N3O3/c19-12-1-3-13(4-2-12)25-8-6-15(23-25)11-5-7-24(17(27)28)16(9-11)14(10-26)18(20,21)22/h1-4,6,8,11,14,16,26H,5,7,9-10H2,(H,27,28)/t11?,14?,16-/m1/s1. The molecule has 0 bridgehead atoms. The molecule has 0 aliphatic carbocycles. The lowest BCUT2D eigenvalue weighted by Gasteiger charge is -2.41. The molecule has 1 amide bonds. The maximum absolute atomic E-state index is 13.3. The van der Waals surface area contributed by atoms with Gasteiger partial charge in [0.1, 0.15) is 5.82 Å². The van der Waals surface area contributed by atoms with Gasteiger partial charge in [-0.3, -0.25) is 0 Å². The van der Waals surface area contributed by atoms with Crippen molar-refractivity contribution < 1.29 is 32.6 Å². The van der Waals surface area contributed by atoms with Crippen molar-refractivity contribution in [2.45, 2.75) is 31.0 Å². The molecule has 0 spiro atoms. The summed E-state index contributed by atoms with van der Waals surface area (Å²) in [5.74, 6) is -2.95. The Balaban J connectivity index is 1.84. The Hall–Kier alpha value is -2.62. The Morgan fingerprint density at radius 1 is 1.25 bits per heavy atom. The summed E-state index contributed by atoms with van der Waals surface area (Å²) < 4.78 is 54.4. The molecule has 1 aliphatic heterocycles. The number of hydrogen-bond acceptors (Lipinski definition) is 3. The summed E-state index contributed by atoms with van der Waals surface area (Å²) in [5.41, 5.74) is 1.12. The minimum Gasteiger partial charge on any atom is -0.465 e. The van der Waals surface area contributed by atoms with E-state index in [-0.39, 0.29) is 13.0 Å². The first-order chi connectivity index (χ1) is 13.2. The number of rotatable bonds is 4. The molecule has 10 heteroatoms. The van der Waals surface area contributed by atoms with E-state index in [1.165, 1.54) is 28.9 Å². The molecule has 2 heterocycles. The second kappa shape index (κ2) is 7.78. The van der Waals surface area contributed by atoms with E-state index in [2.05, 4.69) is 5.10 Å². The Bertz CT molecular complexity index is 822. The molecule has 28 heavy (non-hydrogen) atoms. The molecule has 1 aromatic heterocycles. The molecule has 2 unspecified atom stereocenters. The molecular formula is C18H19F4N3O3. The van der Waals surface area contributed by atoms with Gasteiger partial charge in [0.25, 0.3) is 0 Å². The summed E-state index contributed by atoms with van der Waals surface area (Å²) in [6, 6.07) is 5.85. The highest BCUT2D eigenvalue weighted by Gasteiger charge is 2.49. The summed E-state index contributed by atoms with van der Waals surface area (Å²) in [7, 11) is 0. The van der Waals surface area contributed by atoms with Crippen LogP contribution in [-0.2, 0) is 0 Å². The largest absolute Gasteiger partial charge is 0.465 e. The SMILES string of the molecule is O=C(O)N1CCC(c2ccn(-c3ccc(F)cc3)n2)C[C@@H]1C(CO)C(F)(F)F. The lowest BCUT2D eigenvalue weighted by Crippen LogP contribution is -2.53. The molecule has 2 aromatic rings. The highest BCUT2D eigenvalue weighted by Crippen LogP contribution is 2.39. The van der Waals surface area contributed by atoms with Crippen molar-refractivity contribution in [2.24, 2.45) is 5.92 Å². The van der Waals surface area contributed by atoms with Crippen LogP contribution in [0.1, 0.15) is 24.5 Å². The lowest BCUT2D eigenvalue weighted by atomic mass is 9.82. The molecule has 3 atom stereocenters. The van der Waals surface area contributed by atoms with Gasteiger partial charge in [-0.25, -0.2) is 13.9 Å². The smallest absolute Gasteiger partial charge is 0.407 e. The van der Waals surface area contributed by atoms with Crippen molar-refractivity contribution >= 4 is 6.09 Å². The van der Waals surface area contributed by atoms with E-state index in [1.54, 1.807) is 12.3 Å². The monoisotopic (exact) mass is 401 g/mol. The first-order valence-electron chi connectivity index (χ1n) is 8.69. The van der Waals surface area contributed by atoms with Crippen LogP contribution in [0.15, 0.2) is 36.5 Å². The fourth-order valence-electron chi connectivity index (χ4n) is 3.62. The van der Waals surface area contributed by atoms with E-state index in [9.17, 15) is 32.6 Å². The summed E-state index contributed by atoms with van der Waals surface area (Å²) >= 11 is 0. The molecule has 2 N–H and O–H groups in total. The minimum atomic E-state index is -4.72. The highest BCUT2D eigenvalue weighted by atomic mass is 19.4. The van der Waals surface area contributed by atoms with Crippen LogP contribution in [-0.4, -0.2) is 56.4 Å². The molecule has 3 rings (SSSR count). The third-order valence-electron chi connectivity index (χ3n) is 5.09. The highest BCUT2D eigenvalue weighted by molar-refractivity contribution is 5.65.